The van der Waals surface area contributed by atoms with Crippen molar-refractivity contribution >= 4 is 17.4 Å². The summed E-state index contributed by atoms with van der Waals surface area (Å²) in [5.41, 5.74) is 1.02. The third-order valence-corrected chi connectivity index (χ3v) is 1.70. The second kappa shape index (κ2) is 2.64. The first-order valence-corrected chi connectivity index (χ1v) is 3.56. The first-order chi connectivity index (χ1) is 5.92. The molecule has 0 N–H and O–H groups in total. The number of hydrogen-bond donors (Lipinski definition) is 0. The van der Waals surface area contributed by atoms with Crippen LogP contribution in [0.4, 0.5) is 5.82 Å². The number of isocyanates is 1. The number of rotatable bonds is 1. The van der Waals surface area contributed by atoms with E-state index in [1.807, 2.05) is 34.9 Å². The number of hydrogen-bond acceptors (Lipinski definition) is 2. The van der Waals surface area contributed by atoms with Gasteiger partial charge in [0.2, 0.25) is 6.08 Å². The lowest BCUT2D eigenvalue weighted by Crippen LogP contribution is -1.79. The molecule has 0 saturated carbocycles. The van der Waals surface area contributed by atoms with Crippen LogP contribution in [-0.2, 0) is 4.79 Å². The van der Waals surface area contributed by atoms with Gasteiger partial charge < -0.3 is 4.40 Å². The summed E-state index contributed by atoms with van der Waals surface area (Å²) in [5, 5.41) is 0. The van der Waals surface area contributed by atoms with Crippen molar-refractivity contribution < 1.29 is 4.79 Å². The Labute approximate surface area is 69.0 Å². The second-order valence-corrected chi connectivity index (χ2v) is 2.39. The number of fused-ring (bicyclic) bond motifs is 1. The average Bonchev–Trinajstić information content (AvgIpc) is 2.50. The van der Waals surface area contributed by atoms with Crippen LogP contribution in [0.1, 0.15) is 0 Å². The number of aliphatic imine (C=N–C) groups is 1. The van der Waals surface area contributed by atoms with E-state index in [0.717, 1.165) is 5.52 Å². The summed E-state index contributed by atoms with van der Waals surface area (Å²) in [7, 11) is 0. The molecular formula is C9H6N2O. The first kappa shape index (κ1) is 6.83. The SMILES string of the molecule is O=C=Nc1ccc2ccccn12. The van der Waals surface area contributed by atoms with Gasteiger partial charge in [-0.15, -0.1) is 4.99 Å². The maximum absolute atomic E-state index is 10.0. The zero-order chi connectivity index (χ0) is 8.39. The van der Waals surface area contributed by atoms with Crippen LogP contribution in [0.15, 0.2) is 41.5 Å². The molecule has 3 nitrogen and oxygen atoms in total. The molecule has 0 fully saturated rings. The molecule has 12 heavy (non-hydrogen) atoms. The summed E-state index contributed by atoms with van der Waals surface area (Å²) >= 11 is 0. The van der Waals surface area contributed by atoms with Crippen LogP contribution in [0, 0.1) is 0 Å². The van der Waals surface area contributed by atoms with Crippen molar-refractivity contribution in [1.29, 1.82) is 0 Å². The minimum Gasteiger partial charge on any atom is -0.301 e. The average molecular weight is 158 g/mol. The van der Waals surface area contributed by atoms with Crippen LogP contribution >= 0.6 is 0 Å². The van der Waals surface area contributed by atoms with Crippen molar-refractivity contribution in [3.63, 3.8) is 0 Å². The monoisotopic (exact) mass is 158 g/mol. The van der Waals surface area contributed by atoms with E-state index in [0.29, 0.717) is 5.82 Å². The zero-order valence-corrected chi connectivity index (χ0v) is 6.27. The Bertz CT molecular complexity index is 452. The summed E-state index contributed by atoms with van der Waals surface area (Å²) in [6.07, 6.45) is 3.37. The van der Waals surface area contributed by atoms with Crippen molar-refractivity contribution in [2.24, 2.45) is 4.99 Å². The summed E-state index contributed by atoms with van der Waals surface area (Å²) in [6.45, 7) is 0. The molecule has 0 atom stereocenters. The van der Waals surface area contributed by atoms with Crippen molar-refractivity contribution in [3.05, 3.63) is 36.5 Å². The Morgan fingerprint density at radius 2 is 2.17 bits per heavy atom. The Kier molecular flexibility index (Phi) is 1.50. The predicted octanol–water partition coefficient (Wildman–Crippen LogP) is 1.91. The van der Waals surface area contributed by atoms with Gasteiger partial charge in [-0.05, 0) is 24.3 Å². The van der Waals surface area contributed by atoms with E-state index in [1.54, 1.807) is 6.07 Å². The molecule has 58 valence electrons. The molecular weight excluding hydrogens is 152 g/mol. The molecule has 0 radical (unpaired) electrons. The Hall–Kier alpha value is -1.86. The van der Waals surface area contributed by atoms with Gasteiger partial charge in [0.15, 0.2) is 0 Å². The van der Waals surface area contributed by atoms with Gasteiger partial charge in [-0.3, -0.25) is 0 Å². The highest BCUT2D eigenvalue weighted by atomic mass is 16.1. The number of aromatic nitrogens is 1. The molecule has 0 saturated heterocycles. The molecule has 2 aromatic heterocycles. The van der Waals surface area contributed by atoms with E-state index >= 15 is 0 Å². The third-order valence-electron chi connectivity index (χ3n) is 1.70. The third kappa shape index (κ3) is 0.929. The molecule has 0 aliphatic rings. The number of pyridine rings is 1. The van der Waals surface area contributed by atoms with E-state index in [-0.39, 0.29) is 0 Å². The van der Waals surface area contributed by atoms with Gasteiger partial charge in [-0.2, -0.15) is 0 Å². The quantitative estimate of drug-likeness (QED) is 0.461. The molecule has 0 spiro atoms. The highest BCUT2D eigenvalue weighted by molar-refractivity contribution is 5.58. The lowest BCUT2D eigenvalue weighted by molar-refractivity contribution is 0.565. The van der Waals surface area contributed by atoms with Gasteiger partial charge in [0, 0.05) is 11.7 Å². The molecule has 0 aliphatic carbocycles. The molecule has 0 bridgehead atoms. The summed E-state index contributed by atoms with van der Waals surface area (Å²) in [4.78, 5) is 13.6. The Morgan fingerprint density at radius 1 is 1.25 bits per heavy atom. The molecule has 3 heteroatoms. The molecule has 0 unspecified atom stereocenters. The van der Waals surface area contributed by atoms with Gasteiger partial charge >= 0.3 is 0 Å². The smallest absolute Gasteiger partial charge is 0.242 e. The molecule has 0 aliphatic heterocycles. The minimum atomic E-state index is 0.612. The maximum atomic E-state index is 10.0. The zero-order valence-electron chi connectivity index (χ0n) is 6.27. The number of nitrogens with zero attached hydrogens (tertiary/aromatic N) is 2. The van der Waals surface area contributed by atoms with Crippen molar-refractivity contribution in [1.82, 2.24) is 4.40 Å². The lowest BCUT2D eigenvalue weighted by atomic mass is 10.4. The molecule has 0 aromatic carbocycles. The van der Waals surface area contributed by atoms with Gasteiger partial charge in [0.1, 0.15) is 5.82 Å². The fourth-order valence-corrected chi connectivity index (χ4v) is 1.18. The normalized spacial score (nSPS) is 9.67. The minimum absolute atomic E-state index is 0.612. The van der Waals surface area contributed by atoms with Crippen LogP contribution in [0.5, 0.6) is 0 Å². The van der Waals surface area contributed by atoms with Gasteiger partial charge in [-0.25, -0.2) is 4.79 Å². The van der Waals surface area contributed by atoms with Gasteiger partial charge in [0.05, 0.1) is 0 Å². The van der Waals surface area contributed by atoms with Crippen LogP contribution < -0.4 is 0 Å². The Morgan fingerprint density at radius 3 is 3.00 bits per heavy atom. The standard InChI is InChI=1S/C9H6N2O/c12-7-10-9-5-4-8-3-1-2-6-11(8)9/h1-6H. The fraction of sp³-hybridized carbons (Fsp3) is 0. The second-order valence-electron chi connectivity index (χ2n) is 2.39. The largest absolute Gasteiger partial charge is 0.301 e. The van der Waals surface area contributed by atoms with Crippen LogP contribution in [-0.4, -0.2) is 10.5 Å². The van der Waals surface area contributed by atoms with Crippen LogP contribution in [0.2, 0.25) is 0 Å². The maximum Gasteiger partial charge on any atom is 0.242 e. The van der Waals surface area contributed by atoms with Crippen LogP contribution in [0.3, 0.4) is 0 Å². The van der Waals surface area contributed by atoms with Gasteiger partial charge in [0.25, 0.3) is 0 Å². The summed E-state index contributed by atoms with van der Waals surface area (Å²) in [5.74, 6) is 0.612. The predicted molar refractivity (Wildman–Crippen MR) is 45.2 cm³/mol. The van der Waals surface area contributed by atoms with E-state index in [1.165, 1.54) is 6.08 Å². The van der Waals surface area contributed by atoms with E-state index in [4.69, 9.17) is 0 Å². The van der Waals surface area contributed by atoms with Crippen molar-refractivity contribution in [2.45, 2.75) is 0 Å². The highest BCUT2D eigenvalue weighted by Gasteiger charge is 1.96. The fourth-order valence-electron chi connectivity index (χ4n) is 1.18. The van der Waals surface area contributed by atoms with E-state index in [2.05, 4.69) is 4.99 Å². The van der Waals surface area contributed by atoms with Crippen molar-refractivity contribution in [3.8, 4) is 0 Å². The van der Waals surface area contributed by atoms with Crippen LogP contribution in [0.25, 0.3) is 5.52 Å². The molecule has 2 rings (SSSR count). The summed E-state index contributed by atoms with van der Waals surface area (Å²) in [6, 6.07) is 9.45. The summed E-state index contributed by atoms with van der Waals surface area (Å²) < 4.78 is 1.82. The first-order valence-electron chi connectivity index (χ1n) is 3.56. The topological polar surface area (TPSA) is 33.8 Å². The lowest BCUT2D eigenvalue weighted by Gasteiger charge is -1.93. The Balaban J connectivity index is 2.78. The number of carbonyl (C=O) groups excluding carboxylic acids is 1. The highest BCUT2D eigenvalue weighted by Crippen LogP contribution is 2.16. The van der Waals surface area contributed by atoms with E-state index in [9.17, 15) is 4.79 Å². The van der Waals surface area contributed by atoms with E-state index < -0.39 is 0 Å². The molecule has 2 aromatic rings. The van der Waals surface area contributed by atoms with Gasteiger partial charge in [-0.1, -0.05) is 6.07 Å². The molecule has 0 amide bonds. The van der Waals surface area contributed by atoms with Crippen molar-refractivity contribution in [2.75, 3.05) is 0 Å². The molecule has 2 heterocycles.